The van der Waals surface area contributed by atoms with E-state index in [0.717, 1.165) is 11.1 Å². The number of hydroxylamine groups is 2. The van der Waals surface area contributed by atoms with Crippen LogP contribution in [0.5, 0.6) is 0 Å². The van der Waals surface area contributed by atoms with Crippen molar-refractivity contribution in [2.45, 2.75) is 6.92 Å². The van der Waals surface area contributed by atoms with Crippen LogP contribution in [0.25, 0.3) is 0 Å². The van der Waals surface area contributed by atoms with Crippen molar-refractivity contribution >= 4 is 17.7 Å². The fourth-order valence-corrected chi connectivity index (χ4v) is 1.59. The van der Waals surface area contributed by atoms with Gasteiger partial charge in [-0.05, 0) is 13.0 Å². The van der Waals surface area contributed by atoms with Crippen LogP contribution in [-0.2, 0) is 14.4 Å². The van der Waals surface area contributed by atoms with Crippen LogP contribution in [0, 0.1) is 0 Å². The number of carbonyl (C=O) groups is 3. The molecule has 1 rings (SSSR count). The van der Waals surface area contributed by atoms with Crippen LogP contribution in [-0.4, -0.2) is 43.5 Å². The van der Waals surface area contributed by atoms with E-state index in [1.54, 1.807) is 18.2 Å². The molecule has 0 spiro atoms. The molecule has 0 aliphatic rings. The molecule has 21 heavy (non-hydrogen) atoms. The van der Waals surface area contributed by atoms with Crippen molar-refractivity contribution < 1.29 is 24.0 Å². The lowest BCUT2D eigenvalue weighted by Gasteiger charge is -2.16. The van der Waals surface area contributed by atoms with Gasteiger partial charge in [0.05, 0.1) is 12.2 Å². The predicted molar refractivity (Wildman–Crippen MR) is 75.6 cm³/mol. The molecule has 0 heterocycles. The molecular weight excluding hydrogens is 274 g/mol. The highest BCUT2D eigenvalue weighted by Crippen LogP contribution is 2.12. The van der Waals surface area contributed by atoms with Crippen LogP contribution >= 0.6 is 0 Å². The van der Waals surface area contributed by atoms with E-state index in [1.807, 2.05) is 0 Å². The van der Waals surface area contributed by atoms with Crippen molar-refractivity contribution in [2.75, 3.05) is 20.8 Å². The quantitative estimate of drug-likeness (QED) is 0.468. The summed E-state index contributed by atoms with van der Waals surface area (Å²) in [5.74, 6) is -1.52. The van der Waals surface area contributed by atoms with E-state index >= 15 is 0 Å². The van der Waals surface area contributed by atoms with Crippen molar-refractivity contribution in [3.8, 4) is 0 Å². The second-order valence-corrected chi connectivity index (χ2v) is 4.17. The first-order valence-electron chi connectivity index (χ1n) is 6.22. The third kappa shape index (κ3) is 4.85. The Hall–Kier alpha value is -2.47. The molecule has 1 amide bonds. The number of ether oxygens (including phenoxy) is 1. The second kappa shape index (κ2) is 7.96. The van der Waals surface area contributed by atoms with Gasteiger partial charge >= 0.3 is 5.97 Å². The first-order chi connectivity index (χ1) is 9.97. The van der Waals surface area contributed by atoms with Crippen molar-refractivity contribution in [1.29, 1.82) is 0 Å². The van der Waals surface area contributed by atoms with Crippen LogP contribution in [0.15, 0.2) is 36.4 Å². The summed E-state index contributed by atoms with van der Waals surface area (Å²) in [5, 5.41) is 0.793. The SMILES string of the molecule is COCC=CC(=O)ON(C)C(=O)c1ccccc1C(C)=O. The Balaban J connectivity index is 2.80. The minimum Gasteiger partial charge on any atom is -0.381 e. The van der Waals surface area contributed by atoms with Crippen LogP contribution < -0.4 is 0 Å². The standard InChI is InChI=1S/C15H17NO5/c1-11(17)12-7-4-5-8-13(12)15(19)16(2)21-14(18)9-6-10-20-3/h4-9H,10H2,1-3H3. The van der Waals surface area contributed by atoms with Crippen LogP contribution in [0.3, 0.4) is 0 Å². The molecule has 0 aromatic heterocycles. The van der Waals surface area contributed by atoms with E-state index in [-0.39, 0.29) is 23.5 Å². The number of amides is 1. The lowest BCUT2D eigenvalue weighted by molar-refractivity contribution is -0.166. The zero-order valence-corrected chi connectivity index (χ0v) is 12.2. The molecule has 0 unspecified atom stereocenters. The Labute approximate surface area is 122 Å². The van der Waals surface area contributed by atoms with Gasteiger partial charge in [0.15, 0.2) is 5.78 Å². The number of ketones is 1. The van der Waals surface area contributed by atoms with Gasteiger partial charge in [-0.15, -0.1) is 0 Å². The molecule has 112 valence electrons. The van der Waals surface area contributed by atoms with Gasteiger partial charge in [-0.25, -0.2) is 4.79 Å². The van der Waals surface area contributed by atoms with Crippen LogP contribution in [0.1, 0.15) is 27.6 Å². The van der Waals surface area contributed by atoms with Gasteiger partial charge in [-0.1, -0.05) is 24.3 Å². The molecule has 6 nitrogen and oxygen atoms in total. The summed E-state index contributed by atoms with van der Waals surface area (Å²) in [7, 11) is 2.80. The number of hydrogen-bond acceptors (Lipinski definition) is 5. The summed E-state index contributed by atoms with van der Waals surface area (Å²) in [5.41, 5.74) is 0.460. The van der Waals surface area contributed by atoms with Crippen molar-refractivity contribution in [3.05, 3.63) is 47.5 Å². The summed E-state index contributed by atoms with van der Waals surface area (Å²) >= 11 is 0. The lowest BCUT2D eigenvalue weighted by atomic mass is 10.0. The average molecular weight is 291 g/mol. The lowest BCUT2D eigenvalue weighted by Crippen LogP contribution is -2.30. The minimum atomic E-state index is -0.705. The molecule has 0 fully saturated rings. The third-order valence-electron chi connectivity index (χ3n) is 2.57. The molecule has 6 heteroatoms. The maximum Gasteiger partial charge on any atom is 0.355 e. The molecule has 0 aliphatic carbocycles. The van der Waals surface area contributed by atoms with Gasteiger partial charge < -0.3 is 9.57 Å². The zero-order valence-electron chi connectivity index (χ0n) is 12.2. The maximum absolute atomic E-state index is 12.2. The maximum atomic E-state index is 12.2. The van der Waals surface area contributed by atoms with Crippen LogP contribution in [0.2, 0.25) is 0 Å². The molecule has 0 aliphatic heterocycles. The van der Waals surface area contributed by atoms with E-state index in [2.05, 4.69) is 0 Å². The number of carbonyl (C=O) groups excluding carboxylic acids is 3. The van der Waals surface area contributed by atoms with E-state index in [0.29, 0.717) is 0 Å². The van der Waals surface area contributed by atoms with Gasteiger partial charge in [0.2, 0.25) is 0 Å². The highest BCUT2D eigenvalue weighted by Gasteiger charge is 2.19. The highest BCUT2D eigenvalue weighted by atomic mass is 16.7. The van der Waals surface area contributed by atoms with Gasteiger partial charge in [-0.3, -0.25) is 9.59 Å². The molecule has 1 aromatic rings. The van der Waals surface area contributed by atoms with E-state index in [4.69, 9.17) is 9.57 Å². The summed E-state index contributed by atoms with van der Waals surface area (Å²) in [6, 6.07) is 6.34. The number of benzene rings is 1. The topological polar surface area (TPSA) is 72.9 Å². The Morgan fingerprint density at radius 3 is 2.38 bits per heavy atom. The van der Waals surface area contributed by atoms with Gasteiger partial charge in [-0.2, -0.15) is 5.06 Å². The molecule has 1 aromatic carbocycles. The number of nitrogens with zero attached hydrogens (tertiary/aromatic N) is 1. The van der Waals surface area contributed by atoms with E-state index < -0.39 is 11.9 Å². The zero-order chi connectivity index (χ0) is 15.8. The molecule has 0 radical (unpaired) electrons. The molecule has 0 atom stereocenters. The number of methoxy groups -OCH3 is 1. The summed E-state index contributed by atoms with van der Waals surface area (Å²) in [4.78, 5) is 40.0. The monoisotopic (exact) mass is 291 g/mol. The Kier molecular flexibility index (Phi) is 6.29. The van der Waals surface area contributed by atoms with Crippen molar-refractivity contribution in [3.63, 3.8) is 0 Å². The normalized spacial score (nSPS) is 10.4. The summed E-state index contributed by atoms with van der Waals surface area (Å²) < 4.78 is 4.74. The second-order valence-electron chi connectivity index (χ2n) is 4.17. The number of Topliss-reactive ketones (excluding diaryl/α,β-unsaturated/α-hetero) is 1. The van der Waals surface area contributed by atoms with Gasteiger partial charge in [0.1, 0.15) is 0 Å². The van der Waals surface area contributed by atoms with Crippen molar-refractivity contribution in [2.24, 2.45) is 0 Å². The number of hydrogen-bond donors (Lipinski definition) is 0. The average Bonchev–Trinajstić information content (AvgIpc) is 2.46. The van der Waals surface area contributed by atoms with E-state index in [1.165, 1.54) is 33.2 Å². The number of rotatable bonds is 5. The molecular formula is C15H17NO5. The van der Waals surface area contributed by atoms with Gasteiger partial charge in [0, 0.05) is 25.8 Å². The predicted octanol–water partition coefficient (Wildman–Crippen LogP) is 1.62. The first kappa shape index (κ1) is 16.6. The molecule has 0 N–H and O–H groups in total. The van der Waals surface area contributed by atoms with Crippen molar-refractivity contribution in [1.82, 2.24) is 5.06 Å². The summed E-state index contributed by atoms with van der Waals surface area (Å²) in [6.07, 6.45) is 2.62. The first-order valence-corrected chi connectivity index (χ1v) is 6.22. The van der Waals surface area contributed by atoms with Crippen LogP contribution in [0.4, 0.5) is 0 Å². The minimum absolute atomic E-state index is 0.182. The molecule has 0 bridgehead atoms. The highest BCUT2D eigenvalue weighted by molar-refractivity contribution is 6.07. The largest absolute Gasteiger partial charge is 0.381 e. The van der Waals surface area contributed by atoms with E-state index in [9.17, 15) is 14.4 Å². The fraction of sp³-hybridized carbons (Fsp3) is 0.267. The fourth-order valence-electron chi connectivity index (χ4n) is 1.59. The Morgan fingerprint density at radius 1 is 1.19 bits per heavy atom. The third-order valence-corrected chi connectivity index (χ3v) is 2.57. The Morgan fingerprint density at radius 2 is 1.81 bits per heavy atom. The Bertz CT molecular complexity index is 565. The van der Waals surface area contributed by atoms with Gasteiger partial charge in [0.25, 0.3) is 5.91 Å². The smallest absolute Gasteiger partial charge is 0.355 e. The molecule has 0 saturated heterocycles. The molecule has 0 saturated carbocycles. The summed E-state index contributed by atoms with van der Waals surface area (Å²) in [6.45, 7) is 1.63.